The minimum absolute atomic E-state index is 0.125. The molecule has 2 aromatic heterocycles. The highest BCUT2D eigenvalue weighted by Crippen LogP contribution is 2.28. The zero-order chi connectivity index (χ0) is 23.6. The number of hydrogen-bond donors (Lipinski definition) is 1. The lowest BCUT2D eigenvalue weighted by molar-refractivity contribution is -0.113. The van der Waals surface area contributed by atoms with Crippen molar-refractivity contribution < 1.29 is 22.5 Å². The highest BCUT2D eigenvalue weighted by Gasteiger charge is 2.27. The van der Waals surface area contributed by atoms with Gasteiger partial charge < -0.3 is 13.8 Å². The molecule has 0 radical (unpaired) electrons. The number of hydrogen-bond acceptors (Lipinski definition) is 8. The fraction of sp³-hybridized carbons (Fsp3) is 0.476. The van der Waals surface area contributed by atoms with Gasteiger partial charge in [0.25, 0.3) is 0 Å². The number of aryl methyl sites for hydroxylation is 1. The van der Waals surface area contributed by atoms with Gasteiger partial charge in [-0.2, -0.15) is 4.31 Å². The molecule has 1 fully saturated rings. The van der Waals surface area contributed by atoms with Crippen LogP contribution in [0.15, 0.2) is 38.8 Å². The molecule has 4 rings (SSSR count). The van der Waals surface area contributed by atoms with Crippen LogP contribution >= 0.6 is 11.8 Å². The van der Waals surface area contributed by atoms with Gasteiger partial charge in [0, 0.05) is 25.7 Å². The number of carbonyl (C=O) groups is 1. The summed E-state index contributed by atoms with van der Waals surface area (Å²) in [4.78, 5) is 17.2. The number of imidazole rings is 1. The van der Waals surface area contributed by atoms with E-state index < -0.39 is 10.0 Å². The van der Waals surface area contributed by atoms with Crippen molar-refractivity contribution in [2.75, 3.05) is 37.4 Å². The number of aromatic nitrogens is 3. The summed E-state index contributed by atoms with van der Waals surface area (Å²) in [6, 6.07) is 6.69. The number of anilines is 1. The Morgan fingerprint density at radius 3 is 2.67 bits per heavy atom. The van der Waals surface area contributed by atoms with E-state index in [2.05, 4.69) is 15.5 Å². The molecule has 12 heteroatoms. The molecule has 1 saturated heterocycles. The molecule has 0 atom stereocenters. The van der Waals surface area contributed by atoms with Crippen molar-refractivity contribution in [1.82, 2.24) is 19.0 Å². The maximum absolute atomic E-state index is 13.0. The summed E-state index contributed by atoms with van der Waals surface area (Å²) in [5.74, 6) is 0.401. The molecule has 0 bridgehead atoms. The van der Waals surface area contributed by atoms with Crippen LogP contribution in [0.25, 0.3) is 11.0 Å². The summed E-state index contributed by atoms with van der Waals surface area (Å²) in [6.07, 6.45) is 0. The average molecular weight is 494 g/mol. The smallest absolute Gasteiger partial charge is 0.243 e. The highest BCUT2D eigenvalue weighted by atomic mass is 32.2. The number of rotatable bonds is 8. The molecule has 1 aromatic carbocycles. The van der Waals surface area contributed by atoms with E-state index in [-0.39, 0.29) is 22.5 Å². The molecule has 3 aromatic rings. The van der Waals surface area contributed by atoms with E-state index in [1.807, 2.05) is 25.3 Å². The number of benzene rings is 1. The van der Waals surface area contributed by atoms with Crippen molar-refractivity contribution in [2.24, 2.45) is 0 Å². The maximum atomic E-state index is 13.0. The van der Waals surface area contributed by atoms with Crippen LogP contribution in [0.5, 0.6) is 0 Å². The van der Waals surface area contributed by atoms with Crippen molar-refractivity contribution in [3.63, 3.8) is 0 Å². The minimum atomic E-state index is -3.61. The van der Waals surface area contributed by atoms with Crippen molar-refractivity contribution in [3.8, 4) is 0 Å². The molecule has 1 aliphatic heterocycles. The first kappa shape index (κ1) is 23.7. The Kier molecular flexibility index (Phi) is 7.07. The quantitative estimate of drug-likeness (QED) is 0.476. The third-order valence-electron chi connectivity index (χ3n) is 5.32. The Labute approximate surface area is 196 Å². The average Bonchev–Trinajstić information content (AvgIpc) is 3.42. The molecule has 0 aliphatic carbocycles. The van der Waals surface area contributed by atoms with Crippen molar-refractivity contribution in [1.29, 1.82) is 0 Å². The summed E-state index contributed by atoms with van der Waals surface area (Å²) in [5.41, 5.74) is 2.16. The Bertz CT molecular complexity index is 1250. The van der Waals surface area contributed by atoms with Crippen LogP contribution in [0.2, 0.25) is 0 Å². The Morgan fingerprint density at radius 2 is 2.00 bits per heavy atom. The van der Waals surface area contributed by atoms with Crippen LogP contribution in [-0.2, 0) is 26.1 Å². The van der Waals surface area contributed by atoms with E-state index in [1.54, 1.807) is 24.3 Å². The number of ether oxygens (including phenoxy) is 1. The van der Waals surface area contributed by atoms with E-state index in [9.17, 15) is 13.2 Å². The number of nitrogens with one attached hydrogen (secondary N) is 1. The topological polar surface area (TPSA) is 120 Å². The molecule has 0 unspecified atom stereocenters. The van der Waals surface area contributed by atoms with Crippen molar-refractivity contribution >= 4 is 44.6 Å². The molecule has 1 N–H and O–H groups in total. The van der Waals surface area contributed by atoms with E-state index in [0.717, 1.165) is 11.2 Å². The number of carbonyl (C=O) groups excluding carboxylic acids is 1. The van der Waals surface area contributed by atoms with Gasteiger partial charge in [-0.05, 0) is 31.0 Å². The third-order valence-corrected chi connectivity index (χ3v) is 8.19. The first-order valence-electron chi connectivity index (χ1n) is 10.8. The zero-order valence-corrected chi connectivity index (χ0v) is 20.4. The number of amides is 1. The predicted octanol–water partition coefficient (Wildman–Crippen LogP) is 2.92. The van der Waals surface area contributed by atoms with E-state index in [1.165, 1.54) is 16.1 Å². The van der Waals surface area contributed by atoms with Crippen molar-refractivity contribution in [3.05, 3.63) is 30.0 Å². The fourth-order valence-corrected chi connectivity index (χ4v) is 5.83. The maximum Gasteiger partial charge on any atom is 0.243 e. The summed E-state index contributed by atoms with van der Waals surface area (Å²) in [6.45, 7) is 8.05. The predicted molar refractivity (Wildman–Crippen MR) is 125 cm³/mol. The molecule has 0 saturated carbocycles. The lowest BCUT2D eigenvalue weighted by atomic mass is 10.1. The Morgan fingerprint density at radius 1 is 1.24 bits per heavy atom. The standard InChI is InChI=1S/C21H27N5O5S2/c1-4-26-18-6-5-15(33(28,29)25-7-9-30-10-8-25)11-17(18)22-21(26)32-13-19(27)23-20-12-16(14(2)3)24-31-20/h5-6,11-12,14H,4,7-10,13H2,1-3H3,(H,23,27). The normalized spacial score (nSPS) is 15.4. The molecular formula is C21H27N5O5S2. The van der Waals surface area contributed by atoms with E-state index in [0.29, 0.717) is 49.4 Å². The molecule has 10 nitrogen and oxygen atoms in total. The van der Waals surface area contributed by atoms with Crippen LogP contribution < -0.4 is 5.32 Å². The van der Waals surface area contributed by atoms with Gasteiger partial charge in [0.05, 0.1) is 40.6 Å². The second-order valence-corrected chi connectivity index (χ2v) is 10.8. The largest absolute Gasteiger partial charge is 0.379 e. The molecular weight excluding hydrogens is 466 g/mol. The fourth-order valence-electron chi connectivity index (χ4n) is 3.52. The van der Waals surface area contributed by atoms with E-state index in [4.69, 9.17) is 9.26 Å². The first-order chi connectivity index (χ1) is 15.8. The van der Waals surface area contributed by atoms with Gasteiger partial charge in [0.2, 0.25) is 21.8 Å². The highest BCUT2D eigenvalue weighted by molar-refractivity contribution is 7.99. The lowest BCUT2D eigenvalue weighted by Crippen LogP contribution is -2.40. The molecule has 0 spiro atoms. The van der Waals surface area contributed by atoms with Gasteiger partial charge >= 0.3 is 0 Å². The zero-order valence-electron chi connectivity index (χ0n) is 18.8. The summed E-state index contributed by atoms with van der Waals surface area (Å²) in [7, 11) is -3.61. The van der Waals surface area contributed by atoms with Gasteiger partial charge in [-0.25, -0.2) is 13.4 Å². The van der Waals surface area contributed by atoms with Crippen LogP contribution in [0.4, 0.5) is 5.88 Å². The SMILES string of the molecule is CCn1c(SCC(=O)Nc2cc(C(C)C)no2)nc2cc(S(=O)(=O)N3CCOCC3)ccc21. The van der Waals surface area contributed by atoms with Crippen LogP contribution in [0.1, 0.15) is 32.4 Å². The molecule has 1 aliphatic rings. The molecule has 178 valence electrons. The number of fused-ring (bicyclic) bond motifs is 1. The van der Waals surface area contributed by atoms with Gasteiger partial charge in [-0.3, -0.25) is 10.1 Å². The van der Waals surface area contributed by atoms with Gasteiger partial charge in [0.15, 0.2) is 5.16 Å². The first-order valence-corrected chi connectivity index (χ1v) is 13.2. The molecule has 1 amide bonds. The summed E-state index contributed by atoms with van der Waals surface area (Å²) in [5, 5.41) is 7.28. The molecule has 33 heavy (non-hydrogen) atoms. The van der Waals surface area contributed by atoms with Gasteiger partial charge in [-0.15, -0.1) is 0 Å². The van der Waals surface area contributed by atoms with Gasteiger partial charge in [0.1, 0.15) is 0 Å². The van der Waals surface area contributed by atoms with E-state index >= 15 is 0 Å². The second-order valence-electron chi connectivity index (χ2n) is 7.91. The van der Waals surface area contributed by atoms with Crippen LogP contribution in [0, 0.1) is 0 Å². The third kappa shape index (κ3) is 5.08. The molecule has 3 heterocycles. The number of morpholine rings is 1. The summed E-state index contributed by atoms with van der Waals surface area (Å²) >= 11 is 1.28. The van der Waals surface area contributed by atoms with Crippen LogP contribution in [0.3, 0.4) is 0 Å². The number of nitrogens with zero attached hydrogens (tertiary/aromatic N) is 4. The Hall–Kier alpha value is -2.41. The van der Waals surface area contributed by atoms with Gasteiger partial charge in [-0.1, -0.05) is 30.8 Å². The van der Waals surface area contributed by atoms with Crippen molar-refractivity contribution in [2.45, 2.75) is 43.3 Å². The number of sulfonamides is 1. The lowest BCUT2D eigenvalue weighted by Gasteiger charge is -2.26. The minimum Gasteiger partial charge on any atom is -0.379 e. The van der Waals surface area contributed by atoms with Crippen LogP contribution in [-0.4, -0.2) is 65.4 Å². The Balaban J connectivity index is 1.50. The monoisotopic (exact) mass is 493 g/mol. The summed E-state index contributed by atoms with van der Waals surface area (Å²) < 4.78 is 39.8. The number of thioether (sulfide) groups is 1. The second kappa shape index (κ2) is 9.84.